The van der Waals surface area contributed by atoms with E-state index >= 15 is 0 Å². The Hall–Kier alpha value is -5.92. The lowest BCUT2D eigenvalue weighted by Crippen LogP contribution is -2.44. The SMILES string of the molecule is CC12CCC(C)(CC1)c1cc3c(cc12)oc1c3cc2c3cc4c(cc3n3c5cc(C#N)c6c(c5c1c23)-c1ccccc1C6(C)C)C(=O)C1CCC4c2ccccc21. The normalized spacial score (nSPS) is 25.1. The van der Waals surface area contributed by atoms with Gasteiger partial charge in [0.2, 0.25) is 0 Å². The fourth-order valence-corrected chi connectivity index (χ4v) is 13.4. The van der Waals surface area contributed by atoms with Gasteiger partial charge in [0.25, 0.3) is 0 Å². The molecule has 1 fully saturated rings. The van der Waals surface area contributed by atoms with Gasteiger partial charge in [-0.3, -0.25) is 4.79 Å². The van der Waals surface area contributed by atoms with Crippen LogP contribution < -0.4 is 0 Å². The van der Waals surface area contributed by atoms with Crippen molar-refractivity contribution in [2.24, 2.45) is 0 Å². The molecule has 0 saturated heterocycles. The number of nitriles is 1. The van der Waals surface area contributed by atoms with Crippen LogP contribution in [-0.2, 0) is 16.2 Å². The van der Waals surface area contributed by atoms with E-state index in [0.29, 0.717) is 5.56 Å². The van der Waals surface area contributed by atoms with E-state index in [1.54, 1.807) is 0 Å². The number of hydrogen-bond donors (Lipinski definition) is 0. The van der Waals surface area contributed by atoms with E-state index in [1.165, 1.54) is 75.2 Å². The van der Waals surface area contributed by atoms with Gasteiger partial charge < -0.3 is 8.82 Å². The van der Waals surface area contributed by atoms with Crippen molar-refractivity contribution in [3.63, 3.8) is 0 Å². The number of carbonyl (C=O) groups is 1. The van der Waals surface area contributed by atoms with E-state index in [0.717, 1.165) is 79.0 Å². The van der Waals surface area contributed by atoms with Crippen molar-refractivity contribution in [1.29, 1.82) is 5.26 Å². The molecule has 3 heterocycles. The first-order valence-corrected chi connectivity index (χ1v) is 21.0. The van der Waals surface area contributed by atoms with Crippen molar-refractivity contribution in [3.05, 3.63) is 135 Å². The largest absolute Gasteiger partial charge is 0.455 e. The second kappa shape index (κ2) is 9.60. The molecule has 2 atom stereocenters. The smallest absolute Gasteiger partial charge is 0.170 e. The molecule has 0 spiro atoms. The Bertz CT molecular complexity index is 3460. The van der Waals surface area contributed by atoms with Crippen molar-refractivity contribution in [2.75, 3.05) is 0 Å². The minimum absolute atomic E-state index is 0.117. The molecule has 7 aliphatic carbocycles. The van der Waals surface area contributed by atoms with Crippen molar-refractivity contribution >= 4 is 65.8 Å². The fourth-order valence-electron chi connectivity index (χ4n) is 13.4. The van der Waals surface area contributed by atoms with Crippen molar-refractivity contribution < 1.29 is 9.21 Å². The number of carbonyl (C=O) groups excluding carboxylic acids is 1. The molecule has 274 valence electrons. The summed E-state index contributed by atoms with van der Waals surface area (Å²) in [7, 11) is 0. The van der Waals surface area contributed by atoms with E-state index in [4.69, 9.17) is 4.42 Å². The van der Waals surface area contributed by atoms with Gasteiger partial charge >= 0.3 is 0 Å². The van der Waals surface area contributed by atoms with Crippen LogP contribution in [0.5, 0.6) is 0 Å². The zero-order valence-electron chi connectivity index (χ0n) is 32.7. The summed E-state index contributed by atoms with van der Waals surface area (Å²) < 4.78 is 9.64. The molecule has 2 unspecified atom stereocenters. The van der Waals surface area contributed by atoms with Gasteiger partial charge in [0, 0.05) is 49.7 Å². The fraction of sp³-hybridized carbons (Fsp3) is 0.283. The second-order valence-electron chi connectivity index (χ2n) is 19.5. The third-order valence-corrected chi connectivity index (χ3v) is 16.4. The minimum Gasteiger partial charge on any atom is -0.455 e. The number of hydrogen-bond acceptors (Lipinski definition) is 3. The summed E-state index contributed by atoms with van der Waals surface area (Å²) in [5.41, 5.74) is 17.9. The van der Waals surface area contributed by atoms with Crippen LogP contribution in [0.15, 0.2) is 89.3 Å². The average molecular weight is 737 g/mol. The maximum Gasteiger partial charge on any atom is 0.170 e. The third kappa shape index (κ3) is 3.38. The Morgan fingerprint density at radius 3 is 2.14 bits per heavy atom. The third-order valence-electron chi connectivity index (χ3n) is 16.4. The summed E-state index contributed by atoms with van der Waals surface area (Å²) in [6.45, 7) is 9.47. The molecule has 0 N–H and O–H groups in total. The standard InChI is InChI=1S/C53H40N2O2/c1-51(2)38-12-8-7-11-31(38)44-45-42(19-26(25-54)47(44)51)55-41-23-36-32(29-13-14-30(49(36)56)28-10-6-5-9-27(28)29)20-33(41)35-21-37-34-22-39-40(53(4)17-15-52(39,3)16-18-53)24-43(34)57-50(37)46(45)48(35)55/h5-12,19-24,29-30H,13-18H2,1-4H3. The molecule has 4 bridgehead atoms. The Balaban J connectivity index is 1.20. The number of ketones is 1. The van der Waals surface area contributed by atoms with Crippen LogP contribution in [0.1, 0.15) is 133 Å². The molecule has 0 radical (unpaired) electrons. The highest BCUT2D eigenvalue weighted by Gasteiger charge is 2.48. The van der Waals surface area contributed by atoms with E-state index in [-0.39, 0.29) is 33.9 Å². The first-order chi connectivity index (χ1) is 27.6. The van der Waals surface area contributed by atoms with Crippen LogP contribution in [0.4, 0.5) is 0 Å². The minimum atomic E-state index is -0.354. The maximum atomic E-state index is 14.7. The monoisotopic (exact) mass is 736 g/mol. The summed E-state index contributed by atoms with van der Waals surface area (Å²) in [5, 5.41) is 17.9. The molecule has 6 aromatic carbocycles. The first-order valence-electron chi connectivity index (χ1n) is 21.0. The van der Waals surface area contributed by atoms with Crippen molar-refractivity contribution in [2.45, 2.75) is 94.3 Å². The van der Waals surface area contributed by atoms with Crippen LogP contribution in [0.3, 0.4) is 0 Å². The molecular formula is C53H40N2O2. The Morgan fingerprint density at radius 1 is 0.667 bits per heavy atom. The Morgan fingerprint density at radius 2 is 1.37 bits per heavy atom. The average Bonchev–Trinajstić information content (AvgIpc) is 3.89. The highest BCUT2D eigenvalue weighted by atomic mass is 16.3. The number of nitrogens with zero attached hydrogens (tertiary/aromatic N) is 2. The van der Waals surface area contributed by atoms with Gasteiger partial charge in [0.1, 0.15) is 11.2 Å². The van der Waals surface area contributed by atoms with Gasteiger partial charge in [-0.25, -0.2) is 0 Å². The Labute approximate surface area is 330 Å². The summed E-state index contributed by atoms with van der Waals surface area (Å²) in [4.78, 5) is 14.7. The highest BCUT2D eigenvalue weighted by Crippen LogP contribution is 2.60. The van der Waals surface area contributed by atoms with Gasteiger partial charge in [0.05, 0.1) is 33.6 Å². The first kappa shape index (κ1) is 31.2. The molecule has 0 aliphatic heterocycles. The molecule has 57 heavy (non-hydrogen) atoms. The predicted molar refractivity (Wildman–Crippen MR) is 228 cm³/mol. The van der Waals surface area contributed by atoms with Gasteiger partial charge in [-0.05, 0) is 136 Å². The summed E-state index contributed by atoms with van der Waals surface area (Å²) >= 11 is 0. The quantitative estimate of drug-likeness (QED) is 0.156. The Kier molecular flexibility index (Phi) is 5.26. The number of aromatic nitrogens is 1. The lowest BCUT2D eigenvalue weighted by molar-refractivity contribution is 0.0956. The van der Waals surface area contributed by atoms with E-state index in [1.807, 2.05) is 0 Å². The van der Waals surface area contributed by atoms with Gasteiger partial charge in [-0.15, -0.1) is 0 Å². The van der Waals surface area contributed by atoms with Crippen LogP contribution in [-0.4, -0.2) is 10.2 Å². The van der Waals surface area contributed by atoms with Crippen molar-refractivity contribution in [1.82, 2.24) is 4.40 Å². The highest BCUT2D eigenvalue weighted by molar-refractivity contribution is 6.35. The summed E-state index contributed by atoms with van der Waals surface area (Å²) in [5.74, 6) is 0.304. The molecule has 0 amide bonds. The molecule has 7 aliphatic rings. The maximum absolute atomic E-state index is 14.7. The number of fused-ring (bicyclic) bond motifs is 17. The van der Waals surface area contributed by atoms with Crippen LogP contribution in [0, 0.1) is 11.3 Å². The number of benzene rings is 6. The molecular weight excluding hydrogens is 697 g/mol. The second-order valence-corrected chi connectivity index (χ2v) is 19.5. The summed E-state index contributed by atoms with van der Waals surface area (Å²) in [6.07, 6.45) is 6.76. The lowest BCUT2D eigenvalue weighted by Gasteiger charge is -2.52. The summed E-state index contributed by atoms with van der Waals surface area (Å²) in [6, 6.07) is 34.1. The molecule has 4 nitrogen and oxygen atoms in total. The zero-order chi connectivity index (χ0) is 38.1. The van der Waals surface area contributed by atoms with Crippen molar-refractivity contribution in [3.8, 4) is 17.2 Å². The number of Topliss-reactive ketones (excluding diaryl/α,β-unsaturated/α-hetero) is 1. The van der Waals surface area contributed by atoms with Crippen LogP contribution >= 0.6 is 0 Å². The zero-order valence-corrected chi connectivity index (χ0v) is 32.7. The van der Waals surface area contributed by atoms with Gasteiger partial charge in [-0.1, -0.05) is 76.2 Å². The molecule has 16 rings (SSSR count). The van der Waals surface area contributed by atoms with E-state index in [2.05, 4.69) is 123 Å². The number of rotatable bonds is 0. The van der Waals surface area contributed by atoms with Crippen LogP contribution in [0.25, 0.3) is 71.2 Å². The molecule has 4 heteroatoms. The lowest BCUT2D eigenvalue weighted by atomic mass is 9.52. The van der Waals surface area contributed by atoms with E-state index in [9.17, 15) is 10.1 Å². The predicted octanol–water partition coefficient (Wildman–Crippen LogP) is 13.2. The molecule has 9 aromatic rings. The molecule has 3 aromatic heterocycles. The van der Waals surface area contributed by atoms with E-state index < -0.39 is 0 Å². The molecule has 1 saturated carbocycles. The van der Waals surface area contributed by atoms with Crippen LogP contribution in [0.2, 0.25) is 0 Å². The topological polar surface area (TPSA) is 58.4 Å². The van der Waals surface area contributed by atoms with Gasteiger partial charge in [-0.2, -0.15) is 5.26 Å². The number of furan rings is 1. The van der Waals surface area contributed by atoms with Gasteiger partial charge in [0.15, 0.2) is 5.78 Å².